The molecule has 0 spiro atoms. The molecule has 1 saturated heterocycles. The van der Waals surface area contributed by atoms with E-state index in [1.165, 1.54) is 0 Å². The van der Waals surface area contributed by atoms with E-state index in [1.807, 2.05) is 29.2 Å². The molecule has 1 aliphatic rings. The number of methoxy groups -OCH3 is 1. The summed E-state index contributed by atoms with van der Waals surface area (Å²) in [7, 11) is 1.63. The van der Waals surface area contributed by atoms with Crippen LogP contribution in [-0.4, -0.2) is 49.0 Å². The second kappa shape index (κ2) is 7.83. The Balaban J connectivity index is 1.90. The molecule has 0 radical (unpaired) electrons. The van der Waals surface area contributed by atoms with Crippen LogP contribution < -0.4 is 10.1 Å². The highest BCUT2D eigenvalue weighted by atomic mass is 19.1. The Morgan fingerprint density at radius 3 is 2.54 bits per heavy atom. The Hall–Kier alpha value is -1.82. The molecule has 0 bridgehead atoms. The van der Waals surface area contributed by atoms with Crippen LogP contribution >= 0.6 is 0 Å². The van der Waals surface area contributed by atoms with Crippen LogP contribution in [-0.2, 0) is 11.3 Å². The minimum Gasteiger partial charge on any atom is -0.497 e. The summed E-state index contributed by atoms with van der Waals surface area (Å²) in [6, 6.07) is 7.47. The van der Waals surface area contributed by atoms with E-state index < -0.39 is 17.9 Å². The first-order chi connectivity index (χ1) is 11.2. The molecule has 6 heteroatoms. The molecular formula is C18H27FN2O3. The molecule has 1 aromatic carbocycles. The SMILES string of the molecule is COc1ccc(CN2C[C@@H](F)C[C@@H](NC(=O)OC(C)(C)C)C2)cc1. The summed E-state index contributed by atoms with van der Waals surface area (Å²) in [5.41, 5.74) is 0.525. The quantitative estimate of drug-likeness (QED) is 0.916. The first-order valence-electron chi connectivity index (χ1n) is 8.24. The van der Waals surface area contributed by atoms with Gasteiger partial charge in [-0.25, -0.2) is 9.18 Å². The van der Waals surface area contributed by atoms with Gasteiger partial charge in [0, 0.05) is 32.1 Å². The lowest BCUT2D eigenvalue weighted by molar-refractivity contribution is 0.0425. The van der Waals surface area contributed by atoms with Gasteiger partial charge in [-0.05, 0) is 38.5 Å². The third-order valence-corrected chi connectivity index (χ3v) is 3.76. The maximum atomic E-state index is 14.0. The monoisotopic (exact) mass is 338 g/mol. The lowest BCUT2D eigenvalue weighted by Crippen LogP contribution is -2.52. The Morgan fingerprint density at radius 1 is 1.29 bits per heavy atom. The number of nitrogens with one attached hydrogen (secondary N) is 1. The maximum Gasteiger partial charge on any atom is 0.407 e. The fourth-order valence-electron chi connectivity index (χ4n) is 2.82. The molecule has 0 aromatic heterocycles. The standard InChI is InChI=1S/C18H27FN2O3/c1-18(2,3)24-17(22)20-15-9-14(19)11-21(12-15)10-13-5-7-16(23-4)8-6-13/h5-8,14-15H,9-12H2,1-4H3,(H,20,22)/t14-,15+/m0/s1. The second-order valence-electron chi connectivity index (χ2n) is 7.22. The van der Waals surface area contributed by atoms with Crippen LogP contribution in [0.15, 0.2) is 24.3 Å². The minimum atomic E-state index is -0.961. The van der Waals surface area contributed by atoms with E-state index in [-0.39, 0.29) is 6.04 Å². The van der Waals surface area contributed by atoms with Gasteiger partial charge in [0.05, 0.1) is 7.11 Å². The Morgan fingerprint density at radius 2 is 1.96 bits per heavy atom. The van der Waals surface area contributed by atoms with Crippen molar-refractivity contribution in [3.05, 3.63) is 29.8 Å². The van der Waals surface area contributed by atoms with E-state index >= 15 is 0 Å². The van der Waals surface area contributed by atoms with Crippen LogP contribution in [0.25, 0.3) is 0 Å². The molecule has 1 fully saturated rings. The number of ether oxygens (including phenoxy) is 2. The number of hydrogen-bond acceptors (Lipinski definition) is 4. The van der Waals surface area contributed by atoms with E-state index in [1.54, 1.807) is 27.9 Å². The van der Waals surface area contributed by atoms with Crippen molar-refractivity contribution in [2.45, 2.75) is 51.6 Å². The average Bonchev–Trinajstić information content (AvgIpc) is 2.45. The molecule has 1 amide bonds. The van der Waals surface area contributed by atoms with Crippen LogP contribution in [0.3, 0.4) is 0 Å². The van der Waals surface area contributed by atoms with E-state index in [2.05, 4.69) is 5.32 Å². The molecule has 134 valence electrons. The first-order valence-corrected chi connectivity index (χ1v) is 8.24. The van der Waals surface area contributed by atoms with Crippen molar-refractivity contribution < 1.29 is 18.7 Å². The van der Waals surface area contributed by atoms with E-state index in [0.717, 1.165) is 11.3 Å². The first kappa shape index (κ1) is 18.5. The van der Waals surface area contributed by atoms with Crippen molar-refractivity contribution in [1.29, 1.82) is 0 Å². The van der Waals surface area contributed by atoms with Crippen LogP contribution in [0.1, 0.15) is 32.8 Å². The van der Waals surface area contributed by atoms with Gasteiger partial charge in [-0.3, -0.25) is 4.90 Å². The normalized spacial score (nSPS) is 22.0. The van der Waals surface area contributed by atoms with E-state index in [9.17, 15) is 9.18 Å². The highest BCUT2D eigenvalue weighted by Gasteiger charge is 2.29. The van der Waals surface area contributed by atoms with Crippen molar-refractivity contribution in [3.8, 4) is 5.75 Å². The van der Waals surface area contributed by atoms with Gasteiger partial charge >= 0.3 is 6.09 Å². The topological polar surface area (TPSA) is 50.8 Å². The third kappa shape index (κ3) is 6.00. The molecule has 0 aliphatic carbocycles. The fourth-order valence-corrected chi connectivity index (χ4v) is 2.82. The van der Waals surface area contributed by atoms with Crippen LogP contribution in [0.4, 0.5) is 9.18 Å². The number of rotatable bonds is 4. The van der Waals surface area contributed by atoms with Gasteiger partial charge in [0.15, 0.2) is 0 Å². The zero-order valence-electron chi connectivity index (χ0n) is 14.8. The van der Waals surface area contributed by atoms with E-state index in [0.29, 0.717) is 26.1 Å². The molecule has 1 heterocycles. The number of amides is 1. The number of nitrogens with zero attached hydrogens (tertiary/aromatic N) is 1. The van der Waals surface area contributed by atoms with Gasteiger partial charge in [0.1, 0.15) is 17.5 Å². The minimum absolute atomic E-state index is 0.248. The lowest BCUT2D eigenvalue weighted by atomic mass is 10.0. The number of carbonyl (C=O) groups is 1. The molecule has 0 unspecified atom stereocenters. The summed E-state index contributed by atoms with van der Waals surface area (Å²) in [4.78, 5) is 13.9. The summed E-state index contributed by atoms with van der Waals surface area (Å²) in [5, 5.41) is 2.78. The largest absolute Gasteiger partial charge is 0.497 e. The summed E-state index contributed by atoms with van der Waals surface area (Å²) in [6.07, 6.45) is -1.14. The van der Waals surface area contributed by atoms with Gasteiger partial charge in [-0.15, -0.1) is 0 Å². The van der Waals surface area contributed by atoms with Crippen LogP contribution in [0, 0.1) is 0 Å². The predicted octanol–water partition coefficient (Wildman–Crippen LogP) is 3.13. The van der Waals surface area contributed by atoms with Crippen molar-refractivity contribution in [2.24, 2.45) is 0 Å². The molecule has 2 atom stereocenters. The van der Waals surface area contributed by atoms with Crippen LogP contribution in [0.2, 0.25) is 0 Å². The zero-order chi connectivity index (χ0) is 17.7. The number of alkyl carbamates (subject to hydrolysis) is 1. The van der Waals surface area contributed by atoms with E-state index in [4.69, 9.17) is 9.47 Å². The molecule has 1 aromatic rings. The number of likely N-dealkylation sites (tertiary alicyclic amines) is 1. The number of carbonyl (C=O) groups excluding carboxylic acids is 1. The lowest BCUT2D eigenvalue weighted by Gasteiger charge is -2.35. The van der Waals surface area contributed by atoms with Gasteiger partial charge in [-0.2, -0.15) is 0 Å². The Labute approximate surface area is 143 Å². The number of piperidine rings is 1. The smallest absolute Gasteiger partial charge is 0.407 e. The van der Waals surface area contributed by atoms with Crippen molar-refractivity contribution in [1.82, 2.24) is 10.2 Å². The number of benzene rings is 1. The number of hydrogen-bond donors (Lipinski definition) is 1. The third-order valence-electron chi connectivity index (χ3n) is 3.76. The predicted molar refractivity (Wildman–Crippen MR) is 90.9 cm³/mol. The summed E-state index contributed by atoms with van der Waals surface area (Å²) < 4.78 is 24.4. The van der Waals surface area contributed by atoms with Gasteiger partial charge in [0.25, 0.3) is 0 Å². The fraction of sp³-hybridized carbons (Fsp3) is 0.611. The molecule has 24 heavy (non-hydrogen) atoms. The molecule has 1 aliphatic heterocycles. The Kier molecular flexibility index (Phi) is 6.04. The van der Waals surface area contributed by atoms with Gasteiger partial charge in [0.2, 0.25) is 0 Å². The molecule has 5 nitrogen and oxygen atoms in total. The van der Waals surface area contributed by atoms with Crippen molar-refractivity contribution in [3.63, 3.8) is 0 Å². The molecule has 2 rings (SSSR count). The number of halogens is 1. The summed E-state index contributed by atoms with van der Waals surface area (Å²) >= 11 is 0. The van der Waals surface area contributed by atoms with Crippen molar-refractivity contribution >= 4 is 6.09 Å². The molecular weight excluding hydrogens is 311 g/mol. The average molecular weight is 338 g/mol. The molecule has 0 saturated carbocycles. The maximum absolute atomic E-state index is 14.0. The second-order valence-corrected chi connectivity index (χ2v) is 7.22. The van der Waals surface area contributed by atoms with Crippen LogP contribution in [0.5, 0.6) is 5.75 Å². The van der Waals surface area contributed by atoms with Gasteiger partial charge in [-0.1, -0.05) is 12.1 Å². The highest BCUT2D eigenvalue weighted by Crippen LogP contribution is 2.19. The summed E-state index contributed by atoms with van der Waals surface area (Å²) in [5.74, 6) is 0.797. The highest BCUT2D eigenvalue weighted by molar-refractivity contribution is 5.68. The zero-order valence-corrected chi connectivity index (χ0v) is 14.8. The molecule has 1 N–H and O–H groups in total. The number of alkyl halides is 1. The summed E-state index contributed by atoms with van der Waals surface area (Å²) in [6.45, 7) is 7.03. The van der Waals surface area contributed by atoms with Crippen molar-refractivity contribution in [2.75, 3.05) is 20.2 Å². The van der Waals surface area contributed by atoms with Gasteiger partial charge < -0.3 is 14.8 Å². The Bertz CT molecular complexity index is 542.